The van der Waals surface area contributed by atoms with Crippen molar-refractivity contribution in [2.45, 2.75) is 24.1 Å². The minimum Gasteiger partial charge on any atom is -0.474 e. The number of alkyl halides is 2. The summed E-state index contributed by atoms with van der Waals surface area (Å²) in [6.45, 7) is -0.0211. The van der Waals surface area contributed by atoms with Crippen LogP contribution in [0.15, 0.2) is 89.1 Å². The molecule has 0 atom stereocenters. The highest BCUT2D eigenvalue weighted by atomic mass is 32.2. The molecule has 1 heterocycles. The summed E-state index contributed by atoms with van der Waals surface area (Å²) in [5, 5.41) is 14.4. The van der Waals surface area contributed by atoms with Crippen LogP contribution >= 0.6 is 11.5 Å². The molecule has 0 fully saturated rings. The van der Waals surface area contributed by atoms with Gasteiger partial charge in [-0.15, -0.1) is 5.10 Å². The second-order valence-corrected chi connectivity index (χ2v) is 10.2. The lowest BCUT2D eigenvalue weighted by molar-refractivity contribution is -0.210. The van der Waals surface area contributed by atoms with Crippen molar-refractivity contribution in [3.63, 3.8) is 0 Å². The van der Waals surface area contributed by atoms with Gasteiger partial charge < -0.3 is 9.84 Å². The van der Waals surface area contributed by atoms with Gasteiger partial charge in [-0.2, -0.15) is 13.1 Å². The van der Waals surface area contributed by atoms with Crippen LogP contribution in [0, 0.1) is 0 Å². The van der Waals surface area contributed by atoms with E-state index >= 15 is 0 Å². The van der Waals surface area contributed by atoms with E-state index in [1.807, 2.05) is 12.1 Å². The number of nitrogens with zero attached hydrogens (tertiary/aromatic N) is 3. The summed E-state index contributed by atoms with van der Waals surface area (Å²) >= 11 is 1.23. The lowest BCUT2D eigenvalue weighted by Crippen LogP contribution is -2.34. The van der Waals surface area contributed by atoms with Crippen LogP contribution in [0.2, 0.25) is 0 Å². The largest absolute Gasteiger partial charge is 0.501 e. The average molecular weight is 532 g/mol. The summed E-state index contributed by atoms with van der Waals surface area (Å²) in [4.78, 5) is 10.7. The molecule has 8 nitrogen and oxygen atoms in total. The first-order valence-electron chi connectivity index (χ1n) is 10.5. The maximum atomic E-state index is 13.4. The monoisotopic (exact) mass is 531 g/mol. The molecule has 186 valence electrons. The quantitative estimate of drug-likeness (QED) is 0.317. The van der Waals surface area contributed by atoms with Crippen molar-refractivity contribution >= 4 is 27.5 Å². The summed E-state index contributed by atoms with van der Waals surface area (Å²) in [5.41, 5.74) is 2.78. The molecular formula is C24H19F2N3O5S2. The number of carboxylic acids is 1. The highest BCUT2D eigenvalue weighted by molar-refractivity contribution is 7.89. The Labute approximate surface area is 209 Å². The van der Waals surface area contributed by atoms with Crippen molar-refractivity contribution in [3.8, 4) is 17.0 Å². The predicted octanol–water partition coefficient (Wildman–Crippen LogP) is 4.65. The number of aliphatic carboxylic acids is 1. The molecule has 0 unspecified atom stereocenters. The Balaban J connectivity index is 1.58. The number of hydrogen-bond acceptors (Lipinski definition) is 7. The number of rotatable bonds is 10. The Bertz CT molecular complexity index is 1420. The molecule has 4 rings (SSSR count). The maximum absolute atomic E-state index is 13.4. The summed E-state index contributed by atoms with van der Waals surface area (Å²) < 4.78 is 62.9. The van der Waals surface area contributed by atoms with Gasteiger partial charge in [0.1, 0.15) is 11.4 Å². The fourth-order valence-corrected chi connectivity index (χ4v) is 5.20. The summed E-state index contributed by atoms with van der Waals surface area (Å²) in [6.07, 6.45) is -4.38. The van der Waals surface area contributed by atoms with Gasteiger partial charge in [-0.3, -0.25) is 0 Å². The van der Waals surface area contributed by atoms with Crippen molar-refractivity contribution in [3.05, 3.63) is 95.4 Å². The van der Waals surface area contributed by atoms with E-state index in [2.05, 4.69) is 14.3 Å². The van der Waals surface area contributed by atoms with Gasteiger partial charge in [0.2, 0.25) is 10.0 Å². The van der Waals surface area contributed by atoms with Crippen LogP contribution in [0.3, 0.4) is 0 Å². The number of carbonyl (C=O) groups is 1. The van der Waals surface area contributed by atoms with E-state index in [0.717, 1.165) is 29.0 Å². The lowest BCUT2D eigenvalue weighted by atomic mass is 10.1. The first kappa shape index (κ1) is 25.4. The van der Waals surface area contributed by atoms with E-state index in [0.29, 0.717) is 5.56 Å². The van der Waals surface area contributed by atoms with E-state index in [9.17, 15) is 22.0 Å². The van der Waals surface area contributed by atoms with Gasteiger partial charge in [0.05, 0.1) is 4.90 Å². The third kappa shape index (κ3) is 5.90. The number of ether oxygens (including phenoxy) is 1. The zero-order chi connectivity index (χ0) is 25.8. The predicted molar refractivity (Wildman–Crippen MR) is 128 cm³/mol. The molecule has 0 radical (unpaired) electrons. The van der Waals surface area contributed by atoms with E-state index in [1.54, 1.807) is 35.7 Å². The van der Waals surface area contributed by atoms with E-state index < -0.39 is 22.1 Å². The van der Waals surface area contributed by atoms with E-state index in [4.69, 9.17) is 5.11 Å². The molecule has 36 heavy (non-hydrogen) atoms. The molecule has 0 aliphatic heterocycles. The van der Waals surface area contributed by atoms with Gasteiger partial charge in [0.15, 0.2) is 0 Å². The molecule has 0 bridgehead atoms. The molecule has 0 amide bonds. The fraction of sp³-hybridized carbons (Fsp3) is 0.125. The molecule has 0 saturated heterocycles. The molecule has 0 spiro atoms. The number of sulfonamides is 1. The van der Waals surface area contributed by atoms with Gasteiger partial charge >= 0.3 is 12.1 Å². The van der Waals surface area contributed by atoms with Crippen LogP contribution in [0.1, 0.15) is 11.1 Å². The summed E-state index contributed by atoms with van der Waals surface area (Å²) in [5.74, 6) is -2.78. The zero-order valence-corrected chi connectivity index (χ0v) is 20.1. The second-order valence-electron chi connectivity index (χ2n) is 7.64. The Kier molecular flexibility index (Phi) is 7.38. The highest BCUT2D eigenvalue weighted by Gasteiger charge is 2.42. The van der Waals surface area contributed by atoms with Gasteiger partial charge in [-0.1, -0.05) is 59.1 Å². The van der Waals surface area contributed by atoms with Crippen molar-refractivity contribution in [2.75, 3.05) is 0 Å². The van der Waals surface area contributed by atoms with E-state index in [1.165, 1.54) is 40.1 Å². The molecule has 4 aromatic rings. The highest BCUT2D eigenvalue weighted by Crippen LogP contribution is 2.26. The number of benzene rings is 3. The molecule has 1 aromatic heterocycles. The van der Waals surface area contributed by atoms with Crippen molar-refractivity contribution < 1.29 is 31.8 Å². The van der Waals surface area contributed by atoms with Gasteiger partial charge in [0, 0.05) is 24.0 Å². The van der Waals surface area contributed by atoms with E-state index in [-0.39, 0.29) is 23.7 Å². The van der Waals surface area contributed by atoms with Gasteiger partial charge in [0.25, 0.3) is 0 Å². The molecule has 0 aliphatic rings. The minimum absolute atomic E-state index is 0.0438. The van der Waals surface area contributed by atoms with Crippen molar-refractivity contribution in [1.29, 1.82) is 0 Å². The lowest BCUT2D eigenvalue weighted by Gasteiger charge is -2.23. The first-order chi connectivity index (χ1) is 17.1. The topological polar surface area (TPSA) is 110 Å². The zero-order valence-electron chi connectivity index (χ0n) is 18.5. The smallest absolute Gasteiger partial charge is 0.474 e. The fourth-order valence-electron chi connectivity index (χ4n) is 3.30. The number of aromatic nitrogens is 2. The molecule has 0 aliphatic carbocycles. The summed E-state index contributed by atoms with van der Waals surface area (Å²) in [6, 6.07) is 20.3. The Morgan fingerprint density at radius 2 is 1.53 bits per heavy atom. The number of halogens is 2. The van der Waals surface area contributed by atoms with Crippen LogP contribution in [-0.2, 0) is 27.9 Å². The molecule has 1 N–H and O–H groups in total. The van der Waals surface area contributed by atoms with Crippen molar-refractivity contribution in [1.82, 2.24) is 13.9 Å². The van der Waals surface area contributed by atoms with Gasteiger partial charge in [-0.25, -0.2) is 13.2 Å². The first-order valence-corrected chi connectivity index (χ1v) is 12.7. The minimum atomic E-state index is -4.38. The standard InChI is InChI=1S/C24H19F2N3O5S2/c25-24(26,23(30)31)34-20-12-8-18(9-13-20)15-29(36(32,33)21-4-2-1-3-5-21)14-17-6-10-19(11-7-17)22-16-35-28-27-22/h1-13,16H,14-15H2,(H,30,31). The van der Waals surface area contributed by atoms with Crippen molar-refractivity contribution in [2.24, 2.45) is 0 Å². The van der Waals surface area contributed by atoms with Gasteiger partial charge in [-0.05, 0) is 46.9 Å². The third-order valence-corrected chi connectivity index (χ3v) is 7.44. The number of carboxylic acid groups (broad SMARTS) is 1. The van der Waals surface area contributed by atoms with Crippen LogP contribution in [0.4, 0.5) is 8.78 Å². The number of hydrogen-bond donors (Lipinski definition) is 1. The third-order valence-electron chi connectivity index (χ3n) is 5.13. The second kappa shape index (κ2) is 10.5. The normalized spacial score (nSPS) is 12.0. The van der Waals surface area contributed by atoms with Crippen LogP contribution in [0.5, 0.6) is 5.75 Å². The molecule has 0 saturated carbocycles. The molecule has 3 aromatic carbocycles. The Morgan fingerprint density at radius 3 is 2.06 bits per heavy atom. The van der Waals surface area contributed by atoms with Crippen LogP contribution in [0.25, 0.3) is 11.3 Å². The SMILES string of the molecule is O=C(O)C(F)(F)Oc1ccc(CN(Cc2ccc(-c3csnn3)cc2)S(=O)(=O)c2ccccc2)cc1. The average Bonchev–Trinajstić information content (AvgIpc) is 3.40. The Morgan fingerprint density at radius 1 is 0.944 bits per heavy atom. The summed E-state index contributed by atoms with van der Waals surface area (Å²) in [7, 11) is -3.92. The molecule has 12 heteroatoms. The van der Waals surface area contributed by atoms with Crippen LogP contribution in [-0.4, -0.2) is 39.5 Å². The van der Waals surface area contributed by atoms with Crippen LogP contribution < -0.4 is 4.74 Å². The maximum Gasteiger partial charge on any atom is 0.501 e. The molecular weight excluding hydrogens is 512 g/mol. The Hall–Kier alpha value is -3.74.